The Morgan fingerprint density at radius 2 is 1.79 bits per heavy atom. The number of carbonyl (C=O) groups excluding carboxylic acids is 2. The summed E-state index contributed by atoms with van der Waals surface area (Å²) in [6, 6.07) is 6.79. The van der Waals surface area contributed by atoms with E-state index in [0.29, 0.717) is 30.5 Å². The van der Waals surface area contributed by atoms with Crippen molar-refractivity contribution in [1.82, 2.24) is 4.90 Å². The predicted octanol–water partition coefficient (Wildman–Crippen LogP) is 1.49. The lowest BCUT2D eigenvalue weighted by atomic mass is 10.2. The number of carbonyl (C=O) groups is 2. The summed E-state index contributed by atoms with van der Waals surface area (Å²) in [5.41, 5.74) is 1.26. The highest BCUT2D eigenvalue weighted by atomic mass is 16.3. The molecule has 0 unspecified atom stereocenters. The number of unbranched alkanes of at least 4 members (excludes halogenated alkanes) is 1. The van der Waals surface area contributed by atoms with Gasteiger partial charge in [0.25, 0.3) is 5.91 Å². The minimum atomic E-state index is -0.0832. The maximum atomic E-state index is 11.7. The molecule has 0 fully saturated rings. The number of benzene rings is 1. The summed E-state index contributed by atoms with van der Waals surface area (Å²) in [7, 11) is 3.39. The van der Waals surface area contributed by atoms with Gasteiger partial charge in [0, 0.05) is 38.4 Å². The third-order valence-corrected chi connectivity index (χ3v) is 2.63. The van der Waals surface area contributed by atoms with Crippen LogP contribution >= 0.6 is 0 Å². The van der Waals surface area contributed by atoms with Gasteiger partial charge in [-0.2, -0.15) is 0 Å². The SMILES string of the molecule is CN(C)C(=O)c1ccc(NC(=O)CCCCO)cc1. The Kier molecular flexibility index (Phi) is 6.02. The molecule has 0 aliphatic rings. The minimum absolute atomic E-state index is 0.0687. The van der Waals surface area contributed by atoms with E-state index < -0.39 is 0 Å². The van der Waals surface area contributed by atoms with E-state index in [4.69, 9.17) is 5.11 Å². The molecule has 0 bridgehead atoms. The number of nitrogens with zero attached hydrogens (tertiary/aromatic N) is 1. The summed E-state index contributed by atoms with van der Waals surface area (Å²) < 4.78 is 0. The first-order chi connectivity index (χ1) is 9.04. The van der Waals surface area contributed by atoms with Gasteiger partial charge in [0.1, 0.15) is 0 Å². The lowest BCUT2D eigenvalue weighted by Gasteiger charge is -2.11. The van der Waals surface area contributed by atoms with Gasteiger partial charge in [-0.25, -0.2) is 0 Å². The van der Waals surface area contributed by atoms with Gasteiger partial charge in [-0.1, -0.05) is 0 Å². The molecular formula is C14H20N2O3. The molecule has 0 aliphatic carbocycles. The van der Waals surface area contributed by atoms with Crippen molar-refractivity contribution in [2.75, 3.05) is 26.0 Å². The van der Waals surface area contributed by atoms with Crippen LogP contribution in [-0.4, -0.2) is 42.5 Å². The van der Waals surface area contributed by atoms with Crippen LogP contribution in [0.3, 0.4) is 0 Å². The van der Waals surface area contributed by atoms with Gasteiger partial charge in [0.15, 0.2) is 0 Å². The number of anilines is 1. The van der Waals surface area contributed by atoms with Crippen molar-refractivity contribution in [1.29, 1.82) is 0 Å². The second-order valence-electron chi connectivity index (χ2n) is 4.51. The van der Waals surface area contributed by atoms with Gasteiger partial charge in [-0.05, 0) is 37.1 Å². The van der Waals surface area contributed by atoms with Crippen LogP contribution in [0.1, 0.15) is 29.6 Å². The van der Waals surface area contributed by atoms with Crippen molar-refractivity contribution in [3.63, 3.8) is 0 Å². The zero-order valence-corrected chi connectivity index (χ0v) is 11.3. The molecule has 19 heavy (non-hydrogen) atoms. The van der Waals surface area contributed by atoms with E-state index in [1.165, 1.54) is 4.90 Å². The van der Waals surface area contributed by atoms with E-state index in [9.17, 15) is 9.59 Å². The number of aliphatic hydroxyl groups is 1. The largest absolute Gasteiger partial charge is 0.396 e. The number of amides is 2. The molecule has 1 aromatic carbocycles. The van der Waals surface area contributed by atoms with Crippen molar-refractivity contribution in [2.45, 2.75) is 19.3 Å². The molecule has 1 rings (SSSR count). The van der Waals surface area contributed by atoms with Crippen LogP contribution in [0.2, 0.25) is 0 Å². The highest BCUT2D eigenvalue weighted by molar-refractivity contribution is 5.95. The van der Waals surface area contributed by atoms with Crippen LogP contribution in [0, 0.1) is 0 Å². The zero-order valence-electron chi connectivity index (χ0n) is 11.3. The second-order valence-corrected chi connectivity index (χ2v) is 4.51. The highest BCUT2D eigenvalue weighted by Gasteiger charge is 2.08. The molecule has 0 radical (unpaired) electrons. The van der Waals surface area contributed by atoms with Gasteiger partial charge >= 0.3 is 0 Å². The number of hydrogen-bond donors (Lipinski definition) is 2. The van der Waals surface area contributed by atoms with Gasteiger partial charge in [-0.15, -0.1) is 0 Å². The fourth-order valence-corrected chi connectivity index (χ4v) is 1.58. The summed E-state index contributed by atoms with van der Waals surface area (Å²) in [6.45, 7) is 0.106. The maximum absolute atomic E-state index is 11.7. The maximum Gasteiger partial charge on any atom is 0.253 e. The molecule has 0 aromatic heterocycles. The molecule has 5 nitrogen and oxygen atoms in total. The summed E-state index contributed by atoms with van der Waals surface area (Å²) in [5.74, 6) is -0.152. The molecule has 0 saturated heterocycles. The minimum Gasteiger partial charge on any atom is -0.396 e. The van der Waals surface area contributed by atoms with Crippen LogP contribution in [0.4, 0.5) is 5.69 Å². The van der Waals surface area contributed by atoms with Crippen LogP contribution in [0.5, 0.6) is 0 Å². The van der Waals surface area contributed by atoms with E-state index in [2.05, 4.69) is 5.32 Å². The molecule has 2 amide bonds. The number of hydrogen-bond acceptors (Lipinski definition) is 3. The monoisotopic (exact) mass is 264 g/mol. The first-order valence-corrected chi connectivity index (χ1v) is 6.27. The topological polar surface area (TPSA) is 69.6 Å². The number of rotatable bonds is 6. The van der Waals surface area contributed by atoms with Crippen molar-refractivity contribution in [3.8, 4) is 0 Å². The normalized spacial score (nSPS) is 10.1. The Bertz CT molecular complexity index is 427. The third-order valence-electron chi connectivity index (χ3n) is 2.63. The summed E-state index contributed by atoms with van der Waals surface area (Å²) >= 11 is 0. The van der Waals surface area contributed by atoms with Gasteiger partial charge in [0.05, 0.1) is 0 Å². The van der Waals surface area contributed by atoms with Crippen LogP contribution in [0.15, 0.2) is 24.3 Å². The number of aliphatic hydroxyl groups excluding tert-OH is 1. The first kappa shape index (κ1) is 15.2. The highest BCUT2D eigenvalue weighted by Crippen LogP contribution is 2.11. The van der Waals surface area contributed by atoms with E-state index in [0.717, 1.165) is 0 Å². The average Bonchev–Trinajstić information content (AvgIpc) is 2.39. The standard InChI is InChI=1S/C14H20N2O3/c1-16(2)14(19)11-6-8-12(9-7-11)15-13(18)5-3-4-10-17/h6-9,17H,3-5,10H2,1-2H3,(H,15,18). The average molecular weight is 264 g/mol. The molecule has 104 valence electrons. The third kappa shape index (κ3) is 5.09. The summed E-state index contributed by atoms with van der Waals surface area (Å²) in [6.07, 6.45) is 1.68. The van der Waals surface area contributed by atoms with E-state index in [1.807, 2.05) is 0 Å². The zero-order chi connectivity index (χ0) is 14.3. The summed E-state index contributed by atoms with van der Waals surface area (Å²) in [5, 5.41) is 11.4. The molecule has 5 heteroatoms. The molecular weight excluding hydrogens is 244 g/mol. The molecule has 0 aliphatic heterocycles. The Morgan fingerprint density at radius 3 is 2.32 bits per heavy atom. The Morgan fingerprint density at radius 1 is 1.16 bits per heavy atom. The first-order valence-electron chi connectivity index (χ1n) is 6.27. The predicted molar refractivity (Wildman–Crippen MR) is 74.0 cm³/mol. The second kappa shape index (κ2) is 7.53. The van der Waals surface area contributed by atoms with E-state index >= 15 is 0 Å². The van der Waals surface area contributed by atoms with Crippen molar-refractivity contribution in [2.24, 2.45) is 0 Å². The lowest BCUT2D eigenvalue weighted by molar-refractivity contribution is -0.116. The lowest BCUT2D eigenvalue weighted by Crippen LogP contribution is -2.21. The smallest absolute Gasteiger partial charge is 0.253 e. The van der Waals surface area contributed by atoms with Crippen LogP contribution in [0.25, 0.3) is 0 Å². The Balaban J connectivity index is 2.52. The van der Waals surface area contributed by atoms with E-state index in [-0.39, 0.29) is 18.4 Å². The molecule has 0 spiro atoms. The molecule has 0 heterocycles. The van der Waals surface area contributed by atoms with Crippen molar-refractivity contribution < 1.29 is 14.7 Å². The Hall–Kier alpha value is -1.88. The quantitative estimate of drug-likeness (QED) is 0.765. The Labute approximate surface area is 113 Å². The molecule has 1 aromatic rings. The van der Waals surface area contributed by atoms with E-state index in [1.54, 1.807) is 38.4 Å². The van der Waals surface area contributed by atoms with Crippen molar-refractivity contribution in [3.05, 3.63) is 29.8 Å². The molecule has 0 atom stereocenters. The fourth-order valence-electron chi connectivity index (χ4n) is 1.58. The van der Waals surface area contributed by atoms with Gasteiger partial charge < -0.3 is 15.3 Å². The fraction of sp³-hybridized carbons (Fsp3) is 0.429. The van der Waals surface area contributed by atoms with Crippen molar-refractivity contribution >= 4 is 17.5 Å². The van der Waals surface area contributed by atoms with Crippen LogP contribution in [-0.2, 0) is 4.79 Å². The summed E-state index contributed by atoms with van der Waals surface area (Å²) in [4.78, 5) is 24.7. The molecule has 2 N–H and O–H groups in total. The number of nitrogens with one attached hydrogen (secondary N) is 1. The van der Waals surface area contributed by atoms with Crippen LogP contribution < -0.4 is 5.32 Å². The van der Waals surface area contributed by atoms with Gasteiger partial charge in [0.2, 0.25) is 5.91 Å². The van der Waals surface area contributed by atoms with Gasteiger partial charge in [-0.3, -0.25) is 9.59 Å². The molecule has 0 saturated carbocycles.